The summed E-state index contributed by atoms with van der Waals surface area (Å²) in [5, 5.41) is 17.3. The second-order valence-electron chi connectivity index (χ2n) is 6.11. The average Bonchev–Trinajstić information content (AvgIpc) is 2.68. The summed E-state index contributed by atoms with van der Waals surface area (Å²) >= 11 is 0. The molecule has 0 aliphatic carbocycles. The summed E-state index contributed by atoms with van der Waals surface area (Å²) in [7, 11) is 1.68. The van der Waals surface area contributed by atoms with Gasteiger partial charge in [-0.05, 0) is 24.8 Å². The molecule has 1 aromatic carbocycles. The molecular formula is C19H33IN4O4. The number of benzene rings is 1. The minimum atomic E-state index is -0.403. The molecule has 0 radical (unpaired) electrons. The van der Waals surface area contributed by atoms with Crippen LogP contribution < -0.4 is 10.6 Å². The van der Waals surface area contributed by atoms with E-state index in [4.69, 9.17) is 9.47 Å². The lowest BCUT2D eigenvalue weighted by molar-refractivity contribution is -0.384. The first-order valence-corrected chi connectivity index (χ1v) is 9.49. The first kappa shape index (κ1) is 26.5. The summed E-state index contributed by atoms with van der Waals surface area (Å²) in [6.07, 6.45) is 4.02. The standard InChI is InChI=1S/C19H32N4O4.HI/c1-3-4-14-27-15-6-12-21-19(20-11-5-13-26-2)22-16-17-7-9-18(10-8-17)23(24)25;/h7-10H,3-6,11-16H2,1-2H3,(H2,20,21,22);1H. The van der Waals surface area contributed by atoms with E-state index in [1.165, 1.54) is 12.1 Å². The maximum atomic E-state index is 10.7. The number of guanidine groups is 1. The van der Waals surface area contributed by atoms with Gasteiger partial charge in [-0.25, -0.2) is 4.99 Å². The van der Waals surface area contributed by atoms with E-state index in [0.29, 0.717) is 13.2 Å². The quantitative estimate of drug-likeness (QED) is 0.0998. The number of nitro benzene ring substituents is 1. The molecule has 0 bridgehead atoms. The number of hydrogen-bond donors (Lipinski definition) is 2. The normalized spacial score (nSPS) is 11.0. The van der Waals surface area contributed by atoms with Gasteiger partial charge < -0.3 is 20.1 Å². The summed E-state index contributed by atoms with van der Waals surface area (Å²) < 4.78 is 10.6. The first-order chi connectivity index (χ1) is 13.2. The molecule has 28 heavy (non-hydrogen) atoms. The maximum absolute atomic E-state index is 10.7. The Balaban J connectivity index is 0.00000729. The van der Waals surface area contributed by atoms with Gasteiger partial charge in [-0.15, -0.1) is 24.0 Å². The van der Waals surface area contributed by atoms with Crippen LogP contribution in [0.15, 0.2) is 29.3 Å². The molecule has 0 aromatic heterocycles. The Morgan fingerprint density at radius 1 is 1.07 bits per heavy atom. The highest BCUT2D eigenvalue weighted by Gasteiger charge is 2.04. The third-order valence-electron chi connectivity index (χ3n) is 3.78. The number of methoxy groups -OCH3 is 1. The molecule has 0 spiro atoms. The molecule has 0 atom stereocenters. The fourth-order valence-electron chi connectivity index (χ4n) is 2.22. The number of rotatable bonds is 14. The molecular weight excluding hydrogens is 475 g/mol. The van der Waals surface area contributed by atoms with E-state index in [0.717, 1.165) is 63.5 Å². The van der Waals surface area contributed by atoms with Crippen molar-refractivity contribution in [1.82, 2.24) is 10.6 Å². The van der Waals surface area contributed by atoms with Crippen molar-refractivity contribution in [1.29, 1.82) is 0 Å². The number of ether oxygens (including phenoxy) is 2. The molecule has 0 aliphatic rings. The van der Waals surface area contributed by atoms with Gasteiger partial charge in [0.25, 0.3) is 5.69 Å². The van der Waals surface area contributed by atoms with Crippen molar-refractivity contribution in [2.75, 3.05) is 40.0 Å². The van der Waals surface area contributed by atoms with Crippen LogP contribution in [-0.4, -0.2) is 50.9 Å². The zero-order chi connectivity index (χ0) is 19.7. The Hall–Kier alpha value is -1.46. The highest BCUT2D eigenvalue weighted by molar-refractivity contribution is 14.0. The summed E-state index contributed by atoms with van der Waals surface area (Å²) in [4.78, 5) is 14.9. The van der Waals surface area contributed by atoms with E-state index in [1.807, 2.05) is 0 Å². The number of nitro groups is 1. The van der Waals surface area contributed by atoms with Gasteiger partial charge in [-0.2, -0.15) is 0 Å². The molecule has 0 unspecified atom stereocenters. The van der Waals surface area contributed by atoms with Gasteiger partial charge in [-0.1, -0.05) is 25.5 Å². The molecule has 0 amide bonds. The van der Waals surface area contributed by atoms with Crippen LogP contribution >= 0.6 is 24.0 Å². The molecule has 0 saturated carbocycles. The Kier molecular flexibility index (Phi) is 16.7. The minimum absolute atomic E-state index is 0. The summed E-state index contributed by atoms with van der Waals surface area (Å²) in [6, 6.07) is 6.45. The smallest absolute Gasteiger partial charge is 0.269 e. The largest absolute Gasteiger partial charge is 0.385 e. The second-order valence-corrected chi connectivity index (χ2v) is 6.11. The average molecular weight is 508 g/mol. The number of aliphatic imine (C=N–C) groups is 1. The number of non-ortho nitro benzene ring substituents is 1. The summed E-state index contributed by atoms with van der Waals surface area (Å²) in [5.41, 5.74) is 1.00. The van der Waals surface area contributed by atoms with E-state index < -0.39 is 4.92 Å². The summed E-state index contributed by atoms with van der Waals surface area (Å²) in [5.74, 6) is 0.720. The molecule has 8 nitrogen and oxygen atoms in total. The molecule has 0 saturated heterocycles. The number of hydrogen-bond acceptors (Lipinski definition) is 5. The molecule has 160 valence electrons. The highest BCUT2D eigenvalue weighted by atomic mass is 127. The van der Waals surface area contributed by atoms with E-state index >= 15 is 0 Å². The van der Waals surface area contributed by atoms with Gasteiger partial charge >= 0.3 is 0 Å². The number of nitrogens with one attached hydrogen (secondary N) is 2. The Labute approximate surface area is 184 Å². The second kappa shape index (κ2) is 17.6. The highest BCUT2D eigenvalue weighted by Crippen LogP contribution is 2.12. The molecule has 2 N–H and O–H groups in total. The van der Waals surface area contributed by atoms with Crippen molar-refractivity contribution >= 4 is 35.6 Å². The molecule has 9 heteroatoms. The van der Waals surface area contributed by atoms with E-state index in [1.54, 1.807) is 19.2 Å². The maximum Gasteiger partial charge on any atom is 0.269 e. The monoisotopic (exact) mass is 508 g/mol. The van der Waals surface area contributed by atoms with E-state index in [2.05, 4.69) is 22.5 Å². The van der Waals surface area contributed by atoms with Crippen LogP contribution in [0.1, 0.15) is 38.2 Å². The van der Waals surface area contributed by atoms with E-state index in [-0.39, 0.29) is 29.7 Å². The van der Waals surface area contributed by atoms with Gasteiger partial charge in [0.15, 0.2) is 5.96 Å². The van der Waals surface area contributed by atoms with Crippen molar-refractivity contribution in [3.63, 3.8) is 0 Å². The molecule has 0 fully saturated rings. The van der Waals surface area contributed by atoms with Gasteiger partial charge in [0.05, 0.1) is 11.5 Å². The number of nitrogens with zero attached hydrogens (tertiary/aromatic N) is 2. The van der Waals surface area contributed by atoms with Crippen molar-refractivity contribution in [2.24, 2.45) is 4.99 Å². The minimum Gasteiger partial charge on any atom is -0.385 e. The molecule has 0 aliphatic heterocycles. The molecule has 1 rings (SSSR count). The lowest BCUT2D eigenvalue weighted by Gasteiger charge is -2.13. The van der Waals surface area contributed by atoms with Crippen LogP contribution in [0.25, 0.3) is 0 Å². The van der Waals surface area contributed by atoms with Gasteiger partial charge in [0.1, 0.15) is 0 Å². The van der Waals surface area contributed by atoms with Crippen LogP contribution in [-0.2, 0) is 16.0 Å². The van der Waals surface area contributed by atoms with Gasteiger partial charge in [0, 0.05) is 52.2 Å². The fraction of sp³-hybridized carbons (Fsp3) is 0.632. The first-order valence-electron chi connectivity index (χ1n) is 9.49. The number of unbranched alkanes of at least 4 members (excludes halogenated alkanes) is 1. The molecule has 0 heterocycles. The predicted molar refractivity (Wildman–Crippen MR) is 122 cm³/mol. The Bertz CT molecular complexity index is 555. The Morgan fingerprint density at radius 2 is 1.68 bits per heavy atom. The topological polar surface area (TPSA) is 98.0 Å². The van der Waals surface area contributed by atoms with Gasteiger partial charge in [0.2, 0.25) is 0 Å². The third-order valence-corrected chi connectivity index (χ3v) is 3.78. The van der Waals surface area contributed by atoms with Crippen molar-refractivity contribution in [3.8, 4) is 0 Å². The lowest BCUT2D eigenvalue weighted by Crippen LogP contribution is -2.39. The van der Waals surface area contributed by atoms with Crippen LogP contribution in [0.2, 0.25) is 0 Å². The zero-order valence-corrected chi connectivity index (χ0v) is 19.1. The SMILES string of the molecule is CCCCOCCCNC(=NCc1ccc([N+](=O)[O-])cc1)NCCCOC.I. The number of halogens is 1. The van der Waals surface area contributed by atoms with Crippen LogP contribution in [0.3, 0.4) is 0 Å². The third kappa shape index (κ3) is 12.8. The predicted octanol–water partition coefficient (Wildman–Crippen LogP) is 3.49. The summed E-state index contributed by atoms with van der Waals surface area (Å²) in [6.45, 7) is 6.35. The lowest BCUT2D eigenvalue weighted by atomic mass is 10.2. The van der Waals surface area contributed by atoms with Gasteiger partial charge in [-0.3, -0.25) is 10.1 Å². The van der Waals surface area contributed by atoms with Crippen molar-refractivity contribution in [3.05, 3.63) is 39.9 Å². The van der Waals surface area contributed by atoms with Crippen molar-refractivity contribution in [2.45, 2.75) is 39.2 Å². The van der Waals surface area contributed by atoms with Crippen molar-refractivity contribution < 1.29 is 14.4 Å². The van der Waals surface area contributed by atoms with E-state index in [9.17, 15) is 10.1 Å². The fourth-order valence-corrected chi connectivity index (χ4v) is 2.22. The van der Waals surface area contributed by atoms with Crippen LogP contribution in [0, 0.1) is 10.1 Å². The Morgan fingerprint density at radius 3 is 2.25 bits per heavy atom. The van der Waals surface area contributed by atoms with Crippen LogP contribution in [0.5, 0.6) is 0 Å². The van der Waals surface area contributed by atoms with Crippen LogP contribution in [0.4, 0.5) is 5.69 Å². The molecule has 1 aromatic rings. The zero-order valence-electron chi connectivity index (χ0n) is 16.8.